The van der Waals surface area contributed by atoms with Crippen LogP contribution in [0, 0.1) is 0 Å². The molecule has 1 fully saturated rings. The Labute approximate surface area is 161 Å². The van der Waals surface area contributed by atoms with Crippen LogP contribution >= 0.6 is 17.0 Å². The average Bonchev–Trinajstić information content (AvgIpc) is 3.15. The number of nitrogens with zero attached hydrogens (tertiary/aromatic N) is 3. The van der Waals surface area contributed by atoms with Gasteiger partial charge in [0.25, 0.3) is 0 Å². The van der Waals surface area contributed by atoms with E-state index in [2.05, 4.69) is 52.1 Å². The first-order valence-electron chi connectivity index (χ1n) is 9.48. The van der Waals surface area contributed by atoms with Gasteiger partial charge in [-0.25, -0.2) is 0 Å². The molecule has 0 spiro atoms. The van der Waals surface area contributed by atoms with Gasteiger partial charge in [0.05, 0.1) is 17.1 Å². The van der Waals surface area contributed by atoms with Gasteiger partial charge in [-0.3, -0.25) is 4.99 Å². The van der Waals surface area contributed by atoms with Crippen LogP contribution in [0.5, 0.6) is 0 Å². The van der Waals surface area contributed by atoms with Crippen molar-refractivity contribution in [2.24, 2.45) is 4.99 Å². The van der Waals surface area contributed by atoms with Gasteiger partial charge in [0, 0.05) is 18.3 Å². The van der Waals surface area contributed by atoms with Gasteiger partial charge in [-0.2, -0.15) is 0 Å². The summed E-state index contributed by atoms with van der Waals surface area (Å²) in [6.45, 7) is 4.68. The van der Waals surface area contributed by atoms with Crippen molar-refractivity contribution in [1.82, 2.24) is 9.47 Å². The third-order valence-corrected chi connectivity index (χ3v) is 5.26. The lowest BCUT2D eigenvalue weighted by Crippen LogP contribution is -2.28. The Kier molecular flexibility index (Phi) is 6.49. The maximum absolute atomic E-state index is 4.97. The van der Waals surface area contributed by atoms with Gasteiger partial charge in [0.15, 0.2) is 0 Å². The van der Waals surface area contributed by atoms with Crippen molar-refractivity contribution in [1.29, 1.82) is 0 Å². The molecule has 0 radical (unpaired) electrons. The van der Waals surface area contributed by atoms with Crippen LogP contribution < -0.4 is 0 Å². The van der Waals surface area contributed by atoms with Crippen LogP contribution in [-0.2, 0) is 0 Å². The molecule has 1 aromatic heterocycles. The first-order valence-corrected chi connectivity index (χ1v) is 9.48. The molecular weight excluding hydrogens is 374 g/mol. The van der Waals surface area contributed by atoms with Gasteiger partial charge in [0.2, 0.25) is 0 Å². The van der Waals surface area contributed by atoms with Crippen LogP contribution in [0.15, 0.2) is 47.6 Å². The highest BCUT2D eigenvalue weighted by molar-refractivity contribution is 8.93. The van der Waals surface area contributed by atoms with E-state index in [1.807, 2.05) is 0 Å². The molecule has 0 unspecified atom stereocenters. The Hall–Kier alpha value is -1.39. The summed E-state index contributed by atoms with van der Waals surface area (Å²) in [7, 11) is 0. The molecule has 3 heterocycles. The van der Waals surface area contributed by atoms with Crippen LogP contribution in [0.4, 0.5) is 0 Å². The molecule has 2 aliphatic heterocycles. The molecule has 134 valence electrons. The summed E-state index contributed by atoms with van der Waals surface area (Å²) in [5, 5.41) is 0. The van der Waals surface area contributed by atoms with Gasteiger partial charge in [0.1, 0.15) is 0 Å². The molecule has 2 aromatic rings. The topological polar surface area (TPSA) is 20.5 Å². The molecule has 0 amide bonds. The zero-order valence-corrected chi connectivity index (χ0v) is 16.6. The largest absolute Gasteiger partial charge is 0.314 e. The SMILES string of the molecule is Br.c1ccc2c(c1)C(=NCCCN1CCCCCCC1)c1cccn1-2. The summed E-state index contributed by atoms with van der Waals surface area (Å²) in [5.41, 5.74) is 4.95. The van der Waals surface area contributed by atoms with Gasteiger partial charge >= 0.3 is 0 Å². The van der Waals surface area contributed by atoms with Crippen molar-refractivity contribution in [2.45, 2.75) is 38.5 Å². The zero-order chi connectivity index (χ0) is 16.2. The fourth-order valence-electron chi connectivity index (χ4n) is 3.99. The Morgan fingerprint density at radius 1 is 0.880 bits per heavy atom. The number of benzene rings is 1. The van der Waals surface area contributed by atoms with Gasteiger partial charge in [-0.15, -0.1) is 17.0 Å². The van der Waals surface area contributed by atoms with E-state index in [1.165, 1.54) is 74.4 Å². The van der Waals surface area contributed by atoms with Crippen molar-refractivity contribution in [3.8, 4) is 5.69 Å². The molecule has 0 N–H and O–H groups in total. The number of hydrogen-bond acceptors (Lipinski definition) is 2. The molecule has 0 aliphatic carbocycles. The van der Waals surface area contributed by atoms with E-state index < -0.39 is 0 Å². The van der Waals surface area contributed by atoms with Crippen molar-refractivity contribution < 1.29 is 0 Å². The highest BCUT2D eigenvalue weighted by atomic mass is 79.9. The lowest BCUT2D eigenvalue weighted by Gasteiger charge is -2.24. The van der Waals surface area contributed by atoms with Gasteiger partial charge < -0.3 is 9.47 Å². The molecule has 4 rings (SSSR count). The minimum Gasteiger partial charge on any atom is -0.314 e. The fourth-order valence-corrected chi connectivity index (χ4v) is 3.99. The molecule has 4 heteroatoms. The Bertz CT molecular complexity index is 711. The number of aromatic nitrogens is 1. The van der Waals surface area contributed by atoms with Crippen molar-refractivity contribution in [3.05, 3.63) is 53.9 Å². The lowest BCUT2D eigenvalue weighted by atomic mass is 10.1. The zero-order valence-electron chi connectivity index (χ0n) is 14.9. The Balaban J connectivity index is 0.00000182. The van der Waals surface area contributed by atoms with Crippen LogP contribution in [-0.4, -0.2) is 41.4 Å². The highest BCUT2D eigenvalue weighted by Crippen LogP contribution is 2.28. The smallest absolute Gasteiger partial charge is 0.0907 e. The van der Waals surface area contributed by atoms with Gasteiger partial charge in [-0.05, 0) is 57.1 Å². The van der Waals surface area contributed by atoms with E-state index in [0.29, 0.717) is 0 Å². The van der Waals surface area contributed by atoms with Crippen LogP contribution in [0.25, 0.3) is 5.69 Å². The second-order valence-electron chi connectivity index (χ2n) is 6.97. The summed E-state index contributed by atoms with van der Waals surface area (Å²) in [6, 6.07) is 12.9. The second kappa shape index (κ2) is 8.81. The number of para-hydroxylation sites is 1. The molecular formula is C21H28BrN3. The standard InChI is InChI=1S/C21H27N3.BrH/c1-2-6-14-23(15-7-3-1)16-9-13-22-21-18-10-4-5-11-19(18)24-17-8-12-20(21)24;/h4-5,8,10-12,17H,1-3,6-7,9,13-16H2;1H. The monoisotopic (exact) mass is 401 g/mol. The maximum Gasteiger partial charge on any atom is 0.0907 e. The number of fused-ring (bicyclic) bond motifs is 3. The number of rotatable bonds is 4. The average molecular weight is 402 g/mol. The Morgan fingerprint density at radius 3 is 2.48 bits per heavy atom. The molecule has 1 aromatic carbocycles. The first-order chi connectivity index (χ1) is 11.9. The number of aliphatic imine (C=N–C) groups is 1. The second-order valence-corrected chi connectivity index (χ2v) is 6.97. The molecule has 2 aliphatic rings. The van der Waals surface area contributed by atoms with Crippen LogP contribution in [0.3, 0.4) is 0 Å². The summed E-state index contributed by atoms with van der Waals surface area (Å²) in [6.07, 6.45) is 10.3. The maximum atomic E-state index is 4.97. The molecule has 25 heavy (non-hydrogen) atoms. The Morgan fingerprint density at radius 2 is 1.64 bits per heavy atom. The quantitative estimate of drug-likeness (QED) is 0.571. The molecule has 0 saturated carbocycles. The van der Waals surface area contributed by atoms with Crippen molar-refractivity contribution in [2.75, 3.05) is 26.2 Å². The van der Waals surface area contributed by atoms with E-state index in [1.54, 1.807) is 0 Å². The van der Waals surface area contributed by atoms with Gasteiger partial charge in [-0.1, -0.05) is 37.5 Å². The highest BCUT2D eigenvalue weighted by Gasteiger charge is 2.23. The molecule has 0 atom stereocenters. The van der Waals surface area contributed by atoms with Crippen molar-refractivity contribution >= 4 is 22.7 Å². The van der Waals surface area contributed by atoms with E-state index in [0.717, 1.165) is 13.0 Å². The summed E-state index contributed by atoms with van der Waals surface area (Å²) in [4.78, 5) is 7.62. The van der Waals surface area contributed by atoms with E-state index in [9.17, 15) is 0 Å². The predicted molar refractivity (Wildman–Crippen MR) is 111 cm³/mol. The molecule has 3 nitrogen and oxygen atoms in total. The molecule has 1 saturated heterocycles. The number of hydrogen-bond donors (Lipinski definition) is 0. The third-order valence-electron chi connectivity index (χ3n) is 5.26. The fraction of sp³-hybridized carbons (Fsp3) is 0.476. The minimum atomic E-state index is 0. The minimum absolute atomic E-state index is 0. The summed E-state index contributed by atoms with van der Waals surface area (Å²) >= 11 is 0. The predicted octanol–water partition coefficient (Wildman–Crippen LogP) is 4.86. The van der Waals surface area contributed by atoms with Crippen molar-refractivity contribution in [3.63, 3.8) is 0 Å². The summed E-state index contributed by atoms with van der Waals surface area (Å²) in [5.74, 6) is 0. The third kappa shape index (κ3) is 4.06. The van der Waals surface area contributed by atoms with E-state index in [-0.39, 0.29) is 17.0 Å². The lowest BCUT2D eigenvalue weighted by molar-refractivity contribution is 0.246. The van der Waals surface area contributed by atoms with E-state index >= 15 is 0 Å². The van der Waals surface area contributed by atoms with Crippen LogP contribution in [0.1, 0.15) is 49.8 Å². The van der Waals surface area contributed by atoms with E-state index in [4.69, 9.17) is 4.99 Å². The first kappa shape index (κ1) is 18.4. The molecule has 0 bridgehead atoms. The van der Waals surface area contributed by atoms with Crippen LogP contribution in [0.2, 0.25) is 0 Å². The summed E-state index contributed by atoms with van der Waals surface area (Å²) < 4.78 is 2.26. The number of halogens is 1. The normalized spacial score (nSPS) is 19.0. The number of likely N-dealkylation sites (tertiary alicyclic amines) is 1.